The summed E-state index contributed by atoms with van der Waals surface area (Å²) in [6.45, 7) is -0.433. The van der Waals surface area contributed by atoms with Crippen LogP contribution in [0.25, 0.3) is 0 Å². The fourth-order valence-electron chi connectivity index (χ4n) is 1.59. The molecule has 0 spiro atoms. The number of carboxylic acids is 2. The quantitative estimate of drug-likeness (QED) is 0.562. The normalized spacial score (nSPS) is 12.1. The number of hydrogen-bond donors (Lipinski definition) is 3. The number of aliphatic hydroxyl groups is 1. The molecule has 1 aromatic heterocycles. The minimum Gasteiger partial charge on any atom is -0.868 e. The Morgan fingerprint density at radius 2 is 2.00 bits per heavy atom. The van der Waals surface area contributed by atoms with Crippen molar-refractivity contribution in [2.45, 2.75) is 25.5 Å². The van der Waals surface area contributed by atoms with Crippen molar-refractivity contribution in [2.24, 2.45) is 0 Å². The summed E-state index contributed by atoms with van der Waals surface area (Å²) in [7, 11) is 0. The first-order valence-electron chi connectivity index (χ1n) is 5.22. The number of aromatic nitrogens is 1. The Bertz CT molecular complexity index is 459. The highest BCUT2D eigenvalue weighted by molar-refractivity contribution is 5.72. The minimum atomic E-state index is -1.25. The van der Waals surface area contributed by atoms with Crippen LogP contribution in [-0.4, -0.2) is 27.3 Å². The third-order valence-electron chi connectivity index (χ3n) is 2.45. The van der Waals surface area contributed by atoms with Gasteiger partial charge in [-0.25, -0.2) is 4.79 Å². The molecule has 18 heavy (non-hydrogen) atoms. The molecule has 3 N–H and O–H groups in total. The molecule has 0 aliphatic heterocycles. The van der Waals surface area contributed by atoms with Crippen LogP contribution in [0.5, 0.6) is 5.75 Å². The van der Waals surface area contributed by atoms with Gasteiger partial charge < -0.3 is 20.4 Å². The van der Waals surface area contributed by atoms with Crippen molar-refractivity contribution in [3.63, 3.8) is 0 Å². The largest absolute Gasteiger partial charge is 0.868 e. The maximum absolute atomic E-state index is 11.2. The molecule has 0 aliphatic carbocycles. The van der Waals surface area contributed by atoms with Crippen LogP contribution >= 0.6 is 0 Å². The summed E-state index contributed by atoms with van der Waals surface area (Å²) >= 11 is 0. The van der Waals surface area contributed by atoms with Crippen molar-refractivity contribution >= 4 is 11.9 Å². The van der Waals surface area contributed by atoms with Crippen LogP contribution in [0.15, 0.2) is 18.3 Å². The van der Waals surface area contributed by atoms with Crippen LogP contribution in [0.4, 0.5) is 0 Å². The molecule has 0 aromatic carbocycles. The standard InChI is InChI=1S/C11H13NO6/c13-6-7-1-2-8(14)5-12(7)9(11(17)18)3-4-10(15)16/h1-2,5,9,13H,3-4,6H2,(H2-,14,15,16,17,18). The fourth-order valence-corrected chi connectivity index (χ4v) is 1.59. The lowest BCUT2D eigenvalue weighted by atomic mass is 10.1. The topological polar surface area (TPSA) is 122 Å². The Labute approximate surface area is 103 Å². The van der Waals surface area contributed by atoms with Crippen LogP contribution in [0.1, 0.15) is 24.6 Å². The van der Waals surface area contributed by atoms with Crippen molar-refractivity contribution in [3.8, 4) is 5.75 Å². The van der Waals surface area contributed by atoms with Crippen LogP contribution in [0.3, 0.4) is 0 Å². The Balaban J connectivity index is 3.08. The summed E-state index contributed by atoms with van der Waals surface area (Å²) in [5.74, 6) is -2.78. The Kier molecular flexibility index (Phi) is 4.61. The Morgan fingerprint density at radius 1 is 1.33 bits per heavy atom. The maximum Gasteiger partial charge on any atom is 0.373 e. The molecule has 0 fully saturated rings. The zero-order chi connectivity index (χ0) is 13.7. The van der Waals surface area contributed by atoms with Gasteiger partial charge in [0.25, 0.3) is 6.04 Å². The first-order chi connectivity index (χ1) is 8.45. The van der Waals surface area contributed by atoms with Gasteiger partial charge in [-0.05, 0) is 5.75 Å². The van der Waals surface area contributed by atoms with E-state index in [0.29, 0.717) is 0 Å². The van der Waals surface area contributed by atoms with Crippen molar-refractivity contribution in [2.75, 3.05) is 0 Å². The number of aliphatic carboxylic acids is 2. The summed E-state index contributed by atoms with van der Waals surface area (Å²) < 4.78 is 1.10. The third-order valence-corrected chi connectivity index (χ3v) is 2.45. The monoisotopic (exact) mass is 255 g/mol. The van der Waals surface area contributed by atoms with E-state index in [9.17, 15) is 14.7 Å². The van der Waals surface area contributed by atoms with E-state index in [1.807, 2.05) is 0 Å². The van der Waals surface area contributed by atoms with Crippen LogP contribution in [0.2, 0.25) is 0 Å². The van der Waals surface area contributed by atoms with E-state index in [1.54, 1.807) is 0 Å². The van der Waals surface area contributed by atoms with E-state index < -0.39 is 30.3 Å². The SMILES string of the molecule is O=C(O)CCC(C(=O)O)[n+]1cc([O-])ccc1CO. The molecular formula is C11H13NO6. The molecule has 0 aliphatic rings. The van der Waals surface area contributed by atoms with Crippen LogP contribution in [-0.2, 0) is 16.2 Å². The highest BCUT2D eigenvalue weighted by Crippen LogP contribution is 2.11. The second-order valence-electron chi connectivity index (χ2n) is 3.71. The van der Waals surface area contributed by atoms with E-state index in [2.05, 4.69) is 0 Å². The van der Waals surface area contributed by atoms with Gasteiger partial charge in [-0.15, -0.1) is 0 Å². The molecule has 1 rings (SSSR count). The number of carbonyl (C=O) groups is 2. The third kappa shape index (κ3) is 3.42. The van der Waals surface area contributed by atoms with Gasteiger partial charge in [0, 0.05) is 12.5 Å². The molecule has 7 nitrogen and oxygen atoms in total. The van der Waals surface area contributed by atoms with Gasteiger partial charge in [0.1, 0.15) is 6.61 Å². The number of nitrogens with zero attached hydrogens (tertiary/aromatic N) is 1. The second kappa shape index (κ2) is 5.97. The van der Waals surface area contributed by atoms with E-state index in [-0.39, 0.29) is 18.5 Å². The summed E-state index contributed by atoms with van der Waals surface area (Å²) in [5.41, 5.74) is 0.243. The van der Waals surface area contributed by atoms with Crippen LogP contribution < -0.4 is 9.67 Å². The summed E-state index contributed by atoms with van der Waals surface area (Å²) in [5, 5.41) is 37.9. The van der Waals surface area contributed by atoms with Crippen molar-refractivity contribution < 1.29 is 34.6 Å². The highest BCUT2D eigenvalue weighted by atomic mass is 16.4. The van der Waals surface area contributed by atoms with E-state index in [4.69, 9.17) is 15.3 Å². The highest BCUT2D eigenvalue weighted by Gasteiger charge is 2.30. The Hall–Kier alpha value is -2.15. The number of pyridine rings is 1. The number of carboxylic acid groups (broad SMARTS) is 2. The molecule has 1 heterocycles. The second-order valence-corrected chi connectivity index (χ2v) is 3.71. The van der Waals surface area contributed by atoms with Crippen LogP contribution in [0, 0.1) is 0 Å². The van der Waals surface area contributed by atoms with Gasteiger partial charge in [-0.2, -0.15) is 4.57 Å². The lowest BCUT2D eigenvalue weighted by Crippen LogP contribution is -2.47. The smallest absolute Gasteiger partial charge is 0.373 e. The van der Waals surface area contributed by atoms with E-state index in [0.717, 1.165) is 10.8 Å². The predicted molar refractivity (Wildman–Crippen MR) is 55.5 cm³/mol. The average molecular weight is 255 g/mol. The minimum absolute atomic E-state index is 0.161. The summed E-state index contributed by atoms with van der Waals surface area (Å²) in [6, 6.07) is 1.34. The summed E-state index contributed by atoms with van der Waals surface area (Å²) in [6.07, 6.45) is 0.551. The maximum atomic E-state index is 11.2. The fraction of sp³-hybridized carbons (Fsp3) is 0.364. The lowest BCUT2D eigenvalue weighted by Gasteiger charge is -2.12. The first kappa shape index (κ1) is 13.9. The van der Waals surface area contributed by atoms with Gasteiger partial charge in [0.05, 0.1) is 6.42 Å². The number of rotatable bonds is 6. The van der Waals surface area contributed by atoms with Crippen molar-refractivity contribution in [1.82, 2.24) is 0 Å². The molecule has 1 aromatic rings. The first-order valence-corrected chi connectivity index (χ1v) is 5.22. The molecule has 1 unspecified atom stereocenters. The van der Waals surface area contributed by atoms with Gasteiger partial charge in [0.2, 0.25) is 5.69 Å². The molecule has 0 saturated carbocycles. The molecule has 0 amide bonds. The zero-order valence-corrected chi connectivity index (χ0v) is 9.44. The molecule has 0 radical (unpaired) electrons. The Morgan fingerprint density at radius 3 is 2.50 bits per heavy atom. The average Bonchev–Trinajstić information content (AvgIpc) is 2.28. The molecular weight excluding hydrogens is 242 g/mol. The summed E-state index contributed by atoms with van der Waals surface area (Å²) in [4.78, 5) is 21.6. The van der Waals surface area contributed by atoms with Gasteiger partial charge in [-0.3, -0.25) is 4.79 Å². The van der Waals surface area contributed by atoms with Gasteiger partial charge >= 0.3 is 11.9 Å². The van der Waals surface area contributed by atoms with E-state index in [1.165, 1.54) is 12.1 Å². The molecule has 0 saturated heterocycles. The zero-order valence-electron chi connectivity index (χ0n) is 9.44. The molecule has 1 atom stereocenters. The lowest BCUT2D eigenvalue weighted by molar-refractivity contribution is -0.721. The van der Waals surface area contributed by atoms with Crippen molar-refractivity contribution in [3.05, 3.63) is 24.0 Å². The van der Waals surface area contributed by atoms with Gasteiger partial charge in [0.15, 0.2) is 6.20 Å². The number of hydrogen-bond acceptors (Lipinski definition) is 4. The molecule has 98 valence electrons. The van der Waals surface area contributed by atoms with E-state index >= 15 is 0 Å². The van der Waals surface area contributed by atoms with Gasteiger partial charge in [-0.1, -0.05) is 6.07 Å². The number of aliphatic hydroxyl groups excluding tert-OH is 1. The molecule has 7 heteroatoms. The predicted octanol–water partition coefficient (Wildman–Crippen LogP) is -0.969. The molecule has 0 bridgehead atoms. The van der Waals surface area contributed by atoms with Crippen molar-refractivity contribution in [1.29, 1.82) is 0 Å².